The van der Waals surface area contributed by atoms with Crippen LogP contribution < -0.4 is 10.2 Å². The van der Waals surface area contributed by atoms with E-state index in [1.54, 1.807) is 6.20 Å². The first-order chi connectivity index (χ1) is 12.3. The Kier molecular flexibility index (Phi) is 3.08. The zero-order chi connectivity index (χ0) is 16.8. The van der Waals surface area contributed by atoms with Crippen molar-refractivity contribution < 1.29 is 0 Å². The second-order valence-electron chi connectivity index (χ2n) is 6.27. The van der Waals surface area contributed by atoms with Gasteiger partial charge >= 0.3 is 0 Å². The van der Waals surface area contributed by atoms with Crippen molar-refractivity contribution in [2.75, 3.05) is 31.1 Å². The molecule has 0 spiro atoms. The highest BCUT2D eigenvalue weighted by atomic mass is 15.2. The van der Waals surface area contributed by atoms with Crippen molar-refractivity contribution in [3.63, 3.8) is 0 Å². The van der Waals surface area contributed by atoms with Crippen LogP contribution in [0.4, 0.5) is 5.69 Å². The van der Waals surface area contributed by atoms with E-state index in [1.165, 1.54) is 5.69 Å². The molecule has 5 rings (SSSR count). The molecule has 25 heavy (non-hydrogen) atoms. The summed E-state index contributed by atoms with van der Waals surface area (Å²) in [6.45, 7) is 3.99. The number of aromatic nitrogens is 3. The van der Waals surface area contributed by atoms with E-state index in [2.05, 4.69) is 48.9 Å². The van der Waals surface area contributed by atoms with Gasteiger partial charge in [-0.25, -0.2) is 9.97 Å². The number of pyridine rings is 2. The van der Waals surface area contributed by atoms with Gasteiger partial charge in [0.25, 0.3) is 0 Å². The summed E-state index contributed by atoms with van der Waals surface area (Å²) >= 11 is 0. The molecule has 1 aliphatic heterocycles. The highest BCUT2D eigenvalue weighted by Gasteiger charge is 2.15. The number of nitrogens with one attached hydrogen (secondary N) is 1. The molecule has 6 nitrogen and oxygen atoms in total. The van der Waals surface area contributed by atoms with Crippen LogP contribution in [-0.4, -0.2) is 40.5 Å². The van der Waals surface area contributed by atoms with Gasteiger partial charge in [-0.3, -0.25) is 4.40 Å². The van der Waals surface area contributed by atoms with Crippen LogP contribution >= 0.6 is 0 Å². The van der Waals surface area contributed by atoms with Gasteiger partial charge in [-0.15, -0.1) is 0 Å². The molecule has 1 aromatic carbocycles. The van der Waals surface area contributed by atoms with Crippen molar-refractivity contribution in [3.8, 4) is 6.07 Å². The quantitative estimate of drug-likeness (QED) is 0.581. The molecule has 4 aromatic rings. The normalized spacial score (nSPS) is 15.1. The summed E-state index contributed by atoms with van der Waals surface area (Å²) in [7, 11) is 0. The number of hydrogen-bond acceptors (Lipinski definition) is 5. The maximum absolute atomic E-state index is 9.54. The number of rotatable bonds is 1. The van der Waals surface area contributed by atoms with Gasteiger partial charge in [0, 0.05) is 43.4 Å². The van der Waals surface area contributed by atoms with Gasteiger partial charge in [-0.1, -0.05) is 6.07 Å². The molecular formula is C19H16N6. The fourth-order valence-electron chi connectivity index (χ4n) is 3.61. The average molecular weight is 328 g/mol. The van der Waals surface area contributed by atoms with Gasteiger partial charge in [-0.2, -0.15) is 5.26 Å². The summed E-state index contributed by atoms with van der Waals surface area (Å²) in [5, 5.41) is 14.0. The van der Waals surface area contributed by atoms with E-state index in [9.17, 15) is 5.26 Å². The molecule has 1 saturated heterocycles. The van der Waals surface area contributed by atoms with Crippen LogP contribution in [-0.2, 0) is 0 Å². The molecule has 1 N–H and O–H groups in total. The molecule has 0 radical (unpaired) electrons. The van der Waals surface area contributed by atoms with E-state index in [0.29, 0.717) is 16.9 Å². The van der Waals surface area contributed by atoms with Crippen LogP contribution in [0.2, 0.25) is 0 Å². The molecule has 3 aromatic heterocycles. The number of imidazole rings is 1. The highest BCUT2D eigenvalue weighted by molar-refractivity contribution is 5.93. The van der Waals surface area contributed by atoms with E-state index < -0.39 is 0 Å². The Morgan fingerprint density at radius 2 is 1.96 bits per heavy atom. The van der Waals surface area contributed by atoms with Crippen molar-refractivity contribution in [1.82, 2.24) is 19.7 Å². The second-order valence-corrected chi connectivity index (χ2v) is 6.27. The van der Waals surface area contributed by atoms with Gasteiger partial charge in [0.15, 0.2) is 11.3 Å². The Bertz CT molecular complexity index is 1150. The van der Waals surface area contributed by atoms with Crippen LogP contribution in [0.1, 0.15) is 5.56 Å². The summed E-state index contributed by atoms with van der Waals surface area (Å²) in [6.07, 6.45) is 1.73. The summed E-state index contributed by atoms with van der Waals surface area (Å²) in [5.41, 5.74) is 5.09. The van der Waals surface area contributed by atoms with Gasteiger partial charge in [0.2, 0.25) is 0 Å². The van der Waals surface area contributed by atoms with E-state index in [0.717, 1.165) is 42.6 Å². The minimum absolute atomic E-state index is 0.570. The largest absolute Gasteiger partial charge is 0.369 e. The number of nitrogens with zero attached hydrogens (tertiary/aromatic N) is 5. The molecule has 0 saturated carbocycles. The van der Waals surface area contributed by atoms with Crippen LogP contribution in [0.15, 0.2) is 42.6 Å². The number of anilines is 1. The Hall–Kier alpha value is -3.17. The zero-order valence-corrected chi connectivity index (χ0v) is 13.6. The van der Waals surface area contributed by atoms with Gasteiger partial charge in [-0.05, 0) is 30.3 Å². The molecule has 6 heteroatoms. The lowest BCUT2D eigenvalue weighted by Gasteiger charge is -2.29. The van der Waals surface area contributed by atoms with E-state index in [-0.39, 0.29) is 0 Å². The number of benzene rings is 1. The molecule has 0 unspecified atom stereocenters. The third-order valence-electron chi connectivity index (χ3n) is 4.83. The number of nitriles is 1. The van der Waals surface area contributed by atoms with Gasteiger partial charge < -0.3 is 10.2 Å². The van der Waals surface area contributed by atoms with Crippen molar-refractivity contribution in [1.29, 1.82) is 5.26 Å². The first-order valence-corrected chi connectivity index (χ1v) is 8.41. The third-order valence-corrected chi connectivity index (χ3v) is 4.83. The van der Waals surface area contributed by atoms with Crippen molar-refractivity contribution >= 4 is 33.4 Å². The Balaban J connectivity index is 1.85. The summed E-state index contributed by atoms with van der Waals surface area (Å²) in [6, 6.07) is 14.5. The maximum Gasteiger partial charge on any atom is 0.178 e. The summed E-state index contributed by atoms with van der Waals surface area (Å²) in [4.78, 5) is 11.3. The van der Waals surface area contributed by atoms with Crippen LogP contribution in [0.25, 0.3) is 27.7 Å². The minimum atomic E-state index is 0.570. The summed E-state index contributed by atoms with van der Waals surface area (Å²) < 4.78 is 2.06. The highest BCUT2D eigenvalue weighted by Crippen LogP contribution is 2.28. The molecule has 122 valence electrons. The first kappa shape index (κ1) is 14.2. The molecule has 0 bridgehead atoms. The van der Waals surface area contributed by atoms with Gasteiger partial charge in [0.1, 0.15) is 6.07 Å². The molecule has 0 atom stereocenters. The molecule has 0 aliphatic carbocycles. The molecular weight excluding hydrogens is 312 g/mol. The van der Waals surface area contributed by atoms with Gasteiger partial charge in [0.05, 0.1) is 16.6 Å². The number of fused-ring (bicyclic) bond motifs is 5. The average Bonchev–Trinajstić information content (AvgIpc) is 3.07. The predicted octanol–water partition coefficient (Wildman–Crippen LogP) is 2.32. The Labute approximate surface area is 144 Å². The third kappa shape index (κ3) is 2.13. The van der Waals surface area contributed by atoms with Crippen molar-refractivity contribution in [2.24, 2.45) is 0 Å². The van der Waals surface area contributed by atoms with Crippen LogP contribution in [0.3, 0.4) is 0 Å². The maximum atomic E-state index is 9.54. The lowest BCUT2D eigenvalue weighted by molar-refractivity contribution is 0.589. The van der Waals surface area contributed by atoms with Crippen molar-refractivity contribution in [2.45, 2.75) is 0 Å². The first-order valence-electron chi connectivity index (χ1n) is 8.41. The Morgan fingerprint density at radius 1 is 1.08 bits per heavy atom. The lowest BCUT2D eigenvalue weighted by atomic mass is 10.1. The van der Waals surface area contributed by atoms with E-state index >= 15 is 0 Å². The standard InChI is InChI=1S/C19H16N6/c20-12-14-10-13-3-4-15(24-8-6-21-7-9-24)11-17(13)25-16-2-1-5-22-18(16)23-19(14)25/h1-5,10-11,21H,6-9H2. The second kappa shape index (κ2) is 5.43. The number of piperazine rings is 1. The molecule has 4 heterocycles. The topological polar surface area (TPSA) is 69.2 Å². The fourth-order valence-corrected chi connectivity index (χ4v) is 3.61. The molecule has 0 amide bonds. The monoisotopic (exact) mass is 328 g/mol. The summed E-state index contributed by atoms with van der Waals surface area (Å²) in [5.74, 6) is 0. The smallest absolute Gasteiger partial charge is 0.178 e. The zero-order valence-electron chi connectivity index (χ0n) is 13.6. The lowest BCUT2D eigenvalue weighted by Crippen LogP contribution is -2.43. The predicted molar refractivity (Wildman–Crippen MR) is 97.8 cm³/mol. The molecule has 1 aliphatic rings. The van der Waals surface area contributed by atoms with Crippen LogP contribution in [0, 0.1) is 11.3 Å². The van der Waals surface area contributed by atoms with Crippen LogP contribution in [0.5, 0.6) is 0 Å². The van der Waals surface area contributed by atoms with E-state index in [1.807, 2.05) is 18.2 Å². The van der Waals surface area contributed by atoms with E-state index in [4.69, 9.17) is 0 Å². The molecule has 1 fully saturated rings. The number of hydrogen-bond donors (Lipinski definition) is 1. The Morgan fingerprint density at radius 3 is 2.80 bits per heavy atom. The fraction of sp³-hybridized carbons (Fsp3) is 0.211. The minimum Gasteiger partial charge on any atom is -0.369 e. The SMILES string of the molecule is N#Cc1cc2ccc(N3CCNCC3)cc2n2c1nc1ncccc12. The van der Waals surface area contributed by atoms with Crippen molar-refractivity contribution in [3.05, 3.63) is 48.2 Å².